The third-order valence-electron chi connectivity index (χ3n) is 6.14. The van der Waals surface area contributed by atoms with Gasteiger partial charge in [0.15, 0.2) is 11.1 Å². The number of aromatic nitrogens is 2. The lowest BCUT2D eigenvalue weighted by atomic mass is 9.95. The van der Waals surface area contributed by atoms with Gasteiger partial charge in [-0.2, -0.15) is 0 Å². The lowest BCUT2D eigenvalue weighted by molar-refractivity contribution is -0.125. The minimum absolute atomic E-state index is 0.0228. The molecule has 168 valence electrons. The Labute approximate surface area is 192 Å². The Morgan fingerprint density at radius 1 is 1.09 bits per heavy atom. The van der Waals surface area contributed by atoms with E-state index < -0.39 is 17.5 Å². The molecule has 0 bridgehead atoms. The summed E-state index contributed by atoms with van der Waals surface area (Å²) in [4.78, 5) is 48.1. The van der Waals surface area contributed by atoms with Gasteiger partial charge in [-0.25, -0.2) is 4.79 Å². The molecule has 5 heterocycles. The maximum Gasteiger partial charge on any atom is 0.322 e. The molecule has 0 spiro atoms. The van der Waals surface area contributed by atoms with Crippen LogP contribution in [0, 0.1) is 0 Å². The van der Waals surface area contributed by atoms with Gasteiger partial charge < -0.3 is 19.7 Å². The second-order valence-electron chi connectivity index (χ2n) is 8.27. The summed E-state index contributed by atoms with van der Waals surface area (Å²) >= 11 is 0. The number of rotatable bonds is 4. The molecule has 10 heteroatoms. The zero-order chi connectivity index (χ0) is 23.4. The third kappa shape index (κ3) is 2.99. The Bertz CT molecular complexity index is 1500. The first kappa shape index (κ1) is 19.9. The highest BCUT2D eigenvalue weighted by Crippen LogP contribution is 2.35. The lowest BCUT2D eigenvalue weighted by Crippen LogP contribution is -2.52. The van der Waals surface area contributed by atoms with Crippen molar-refractivity contribution in [3.05, 3.63) is 77.9 Å². The van der Waals surface area contributed by atoms with Crippen LogP contribution in [0.3, 0.4) is 0 Å². The quantitative estimate of drug-likeness (QED) is 0.402. The second kappa shape index (κ2) is 7.14. The van der Waals surface area contributed by atoms with Gasteiger partial charge in [0.05, 0.1) is 18.4 Å². The number of imide groups is 1. The standard InChI is InChI=1S/C24H17N5O5/c30-16-2-1-14-11-29(21(31)17(14)9-16)12-24(22(32)27-23(33)28-24)20-8-15-7-18(26-10-19(15)34-20)13-3-5-25-6-4-13/h1-10,30H,11-12H2,(H2,27,28,32,33)/t24-/m0/s1. The molecule has 0 saturated carbocycles. The molecule has 3 N–H and O–H groups in total. The number of fused-ring (bicyclic) bond motifs is 2. The number of pyridine rings is 2. The Morgan fingerprint density at radius 3 is 2.68 bits per heavy atom. The summed E-state index contributed by atoms with van der Waals surface area (Å²) in [6.45, 7) is 0.0800. The van der Waals surface area contributed by atoms with Crippen LogP contribution >= 0.6 is 0 Å². The summed E-state index contributed by atoms with van der Waals surface area (Å²) in [5.74, 6) is -0.807. The van der Waals surface area contributed by atoms with Crippen LogP contribution in [0.25, 0.3) is 22.2 Å². The van der Waals surface area contributed by atoms with Crippen LogP contribution < -0.4 is 10.6 Å². The predicted octanol–water partition coefficient (Wildman–Crippen LogP) is 2.29. The highest BCUT2D eigenvalue weighted by Gasteiger charge is 2.53. The van der Waals surface area contributed by atoms with Crippen molar-refractivity contribution in [3.63, 3.8) is 0 Å². The number of benzene rings is 1. The first-order chi connectivity index (χ1) is 16.4. The fourth-order valence-electron chi connectivity index (χ4n) is 4.45. The number of urea groups is 1. The molecule has 4 aromatic rings. The van der Waals surface area contributed by atoms with E-state index in [1.54, 1.807) is 30.7 Å². The van der Waals surface area contributed by atoms with Crippen molar-refractivity contribution in [2.75, 3.05) is 6.54 Å². The molecule has 0 unspecified atom stereocenters. The number of carbonyl (C=O) groups is 3. The van der Waals surface area contributed by atoms with Gasteiger partial charge in [-0.05, 0) is 42.0 Å². The maximum absolute atomic E-state index is 13.0. The topological polar surface area (TPSA) is 138 Å². The number of nitrogens with one attached hydrogen (secondary N) is 2. The molecule has 0 radical (unpaired) electrons. The number of nitrogens with zero attached hydrogens (tertiary/aromatic N) is 3. The van der Waals surface area contributed by atoms with Crippen molar-refractivity contribution < 1.29 is 23.9 Å². The van der Waals surface area contributed by atoms with Crippen LogP contribution in [0.4, 0.5) is 4.79 Å². The molecule has 2 aliphatic heterocycles. The average Bonchev–Trinajstić information content (AvgIpc) is 3.48. The lowest BCUT2D eigenvalue weighted by Gasteiger charge is -2.29. The van der Waals surface area contributed by atoms with Gasteiger partial charge >= 0.3 is 6.03 Å². The van der Waals surface area contributed by atoms with E-state index in [1.807, 2.05) is 18.2 Å². The van der Waals surface area contributed by atoms with E-state index in [0.29, 0.717) is 22.2 Å². The van der Waals surface area contributed by atoms with Gasteiger partial charge in [0.25, 0.3) is 11.8 Å². The fourth-order valence-corrected chi connectivity index (χ4v) is 4.45. The average molecular weight is 455 g/mol. The van der Waals surface area contributed by atoms with Crippen molar-refractivity contribution in [3.8, 4) is 17.0 Å². The van der Waals surface area contributed by atoms with Crippen molar-refractivity contribution in [1.82, 2.24) is 25.5 Å². The minimum Gasteiger partial charge on any atom is -0.508 e. The highest BCUT2D eigenvalue weighted by molar-refractivity contribution is 6.08. The first-order valence-electron chi connectivity index (χ1n) is 10.5. The van der Waals surface area contributed by atoms with Crippen molar-refractivity contribution in [2.24, 2.45) is 0 Å². The Balaban J connectivity index is 1.40. The molecule has 1 saturated heterocycles. The van der Waals surface area contributed by atoms with Gasteiger partial charge in [-0.3, -0.25) is 24.9 Å². The molecule has 1 fully saturated rings. The number of hydrogen-bond acceptors (Lipinski definition) is 7. The van der Waals surface area contributed by atoms with E-state index in [9.17, 15) is 19.5 Å². The number of amides is 4. The van der Waals surface area contributed by atoms with Gasteiger partial charge in [-0.15, -0.1) is 0 Å². The van der Waals surface area contributed by atoms with Gasteiger partial charge in [0.2, 0.25) is 0 Å². The Morgan fingerprint density at radius 2 is 1.91 bits per heavy atom. The summed E-state index contributed by atoms with van der Waals surface area (Å²) in [6, 6.07) is 11.0. The smallest absolute Gasteiger partial charge is 0.322 e. The zero-order valence-corrected chi connectivity index (χ0v) is 17.6. The molecular weight excluding hydrogens is 438 g/mol. The van der Waals surface area contributed by atoms with E-state index in [2.05, 4.69) is 20.6 Å². The molecule has 1 atom stereocenters. The largest absolute Gasteiger partial charge is 0.508 e. The monoisotopic (exact) mass is 455 g/mol. The van der Waals surface area contributed by atoms with Crippen molar-refractivity contribution >= 4 is 28.8 Å². The molecule has 3 aromatic heterocycles. The van der Waals surface area contributed by atoms with E-state index in [4.69, 9.17) is 4.42 Å². The number of aromatic hydroxyl groups is 1. The van der Waals surface area contributed by atoms with Gasteiger partial charge in [0, 0.05) is 35.5 Å². The highest BCUT2D eigenvalue weighted by atomic mass is 16.3. The van der Waals surface area contributed by atoms with Crippen molar-refractivity contribution in [1.29, 1.82) is 0 Å². The Hall–Kier alpha value is -4.73. The maximum atomic E-state index is 13.0. The summed E-state index contributed by atoms with van der Waals surface area (Å²) in [7, 11) is 0. The molecule has 0 aliphatic carbocycles. The van der Waals surface area contributed by atoms with Crippen molar-refractivity contribution in [2.45, 2.75) is 12.1 Å². The molecule has 10 nitrogen and oxygen atoms in total. The van der Waals surface area contributed by atoms with Crippen LogP contribution in [0.2, 0.25) is 0 Å². The number of phenols is 1. The van der Waals surface area contributed by atoms with Gasteiger partial charge in [0.1, 0.15) is 11.5 Å². The summed E-state index contributed by atoms with van der Waals surface area (Å²) in [6.07, 6.45) is 4.89. The van der Waals surface area contributed by atoms with Crippen LogP contribution in [-0.2, 0) is 16.9 Å². The van der Waals surface area contributed by atoms with Crippen LogP contribution in [-0.4, -0.2) is 44.4 Å². The molecule has 1 aromatic carbocycles. The number of phenolic OH excluding ortho intramolecular Hbond substituents is 1. The van der Waals surface area contributed by atoms with Crippen LogP contribution in [0.5, 0.6) is 5.75 Å². The van der Waals surface area contributed by atoms with Gasteiger partial charge in [-0.1, -0.05) is 6.07 Å². The zero-order valence-electron chi connectivity index (χ0n) is 17.6. The molecule has 34 heavy (non-hydrogen) atoms. The van der Waals surface area contributed by atoms with E-state index >= 15 is 0 Å². The van der Waals surface area contributed by atoms with E-state index in [0.717, 1.165) is 11.1 Å². The van der Waals surface area contributed by atoms with Crippen LogP contribution in [0.15, 0.2) is 65.5 Å². The molecule has 6 rings (SSSR count). The molecule has 2 aliphatic rings. The molecular formula is C24H17N5O5. The number of carbonyl (C=O) groups excluding carboxylic acids is 3. The normalized spacial score (nSPS) is 19.4. The van der Waals surface area contributed by atoms with E-state index in [-0.39, 0.29) is 30.5 Å². The summed E-state index contributed by atoms with van der Waals surface area (Å²) < 4.78 is 5.98. The summed E-state index contributed by atoms with van der Waals surface area (Å²) in [5, 5.41) is 15.4. The number of furan rings is 1. The summed E-state index contributed by atoms with van der Waals surface area (Å²) in [5.41, 5.74) is 1.45. The fraction of sp³-hybridized carbons (Fsp3) is 0.125. The Kier molecular flexibility index (Phi) is 4.18. The molecule has 4 amide bonds. The first-order valence-corrected chi connectivity index (χ1v) is 10.5. The third-order valence-corrected chi connectivity index (χ3v) is 6.14. The minimum atomic E-state index is -1.62. The predicted molar refractivity (Wildman–Crippen MR) is 118 cm³/mol. The van der Waals surface area contributed by atoms with Crippen LogP contribution in [0.1, 0.15) is 21.7 Å². The number of hydrogen-bond donors (Lipinski definition) is 3. The second-order valence-corrected chi connectivity index (χ2v) is 8.27. The van der Waals surface area contributed by atoms with E-state index in [1.165, 1.54) is 17.0 Å². The SMILES string of the molecule is O=C1NC(=O)[C@](CN2Cc3ccc(O)cc3C2=O)(c2cc3cc(-c4ccncc4)ncc3o2)N1.